The Hall–Kier alpha value is -2.89. The van der Waals surface area contributed by atoms with Gasteiger partial charge in [0.15, 0.2) is 6.61 Å². The summed E-state index contributed by atoms with van der Waals surface area (Å²) in [5, 5.41) is 2.60. The minimum Gasteiger partial charge on any atom is -0.484 e. The van der Waals surface area contributed by atoms with E-state index in [9.17, 15) is 14.0 Å². The zero-order chi connectivity index (χ0) is 21.4. The van der Waals surface area contributed by atoms with Crippen LogP contribution in [0.1, 0.15) is 44.2 Å². The third kappa shape index (κ3) is 6.31. The molecule has 6 heteroatoms. The molecule has 2 rings (SSSR count). The van der Waals surface area contributed by atoms with Crippen LogP contribution in [0.3, 0.4) is 0 Å². The average Bonchev–Trinajstić information content (AvgIpc) is 2.73. The Morgan fingerprint density at radius 3 is 2.21 bits per heavy atom. The molecular weight excluding hydrogens is 371 g/mol. The van der Waals surface area contributed by atoms with Crippen molar-refractivity contribution in [3.8, 4) is 5.75 Å². The van der Waals surface area contributed by atoms with Crippen LogP contribution in [0.15, 0.2) is 48.5 Å². The molecule has 2 amide bonds. The van der Waals surface area contributed by atoms with E-state index in [1.807, 2.05) is 31.2 Å². The number of ether oxygens (including phenoxy) is 1. The number of rotatable bonds is 9. The Balaban J connectivity index is 2.14. The number of hydrogen-bond acceptors (Lipinski definition) is 3. The molecule has 0 heterocycles. The first kappa shape index (κ1) is 22.4. The Bertz CT molecular complexity index is 804. The molecule has 0 bridgehead atoms. The summed E-state index contributed by atoms with van der Waals surface area (Å²) in [6.45, 7) is 6.07. The lowest BCUT2D eigenvalue weighted by atomic mass is 10.0. The van der Waals surface area contributed by atoms with E-state index in [1.165, 1.54) is 22.6 Å². The minimum atomic E-state index is -0.635. The number of amides is 2. The molecule has 0 aliphatic heterocycles. The Kier molecular flexibility index (Phi) is 8.19. The number of carbonyl (C=O) groups is 2. The van der Waals surface area contributed by atoms with Crippen molar-refractivity contribution < 1.29 is 18.7 Å². The summed E-state index contributed by atoms with van der Waals surface area (Å²) >= 11 is 0. The van der Waals surface area contributed by atoms with Crippen LogP contribution in [-0.4, -0.2) is 36.4 Å². The lowest BCUT2D eigenvalue weighted by Crippen LogP contribution is -2.49. The van der Waals surface area contributed by atoms with E-state index >= 15 is 0 Å². The number of carbonyl (C=O) groups excluding carboxylic acids is 2. The molecule has 1 N–H and O–H groups in total. The van der Waals surface area contributed by atoms with Crippen molar-refractivity contribution in [2.24, 2.45) is 0 Å². The molecule has 1 unspecified atom stereocenters. The fraction of sp³-hybridized carbons (Fsp3) is 0.391. The molecule has 5 nitrogen and oxygen atoms in total. The molecule has 0 aliphatic rings. The summed E-state index contributed by atoms with van der Waals surface area (Å²) < 4.78 is 18.9. The van der Waals surface area contributed by atoms with Gasteiger partial charge in [0.25, 0.3) is 5.91 Å². The smallest absolute Gasteiger partial charge is 0.261 e. The summed E-state index contributed by atoms with van der Waals surface area (Å²) in [5.74, 6) is 0.104. The van der Waals surface area contributed by atoms with Crippen LogP contribution in [0.4, 0.5) is 4.39 Å². The highest BCUT2D eigenvalue weighted by atomic mass is 19.1. The van der Waals surface area contributed by atoms with Gasteiger partial charge in [-0.25, -0.2) is 4.39 Å². The average molecular weight is 400 g/mol. The second-order valence-corrected chi connectivity index (χ2v) is 7.20. The van der Waals surface area contributed by atoms with E-state index in [0.717, 1.165) is 5.56 Å². The topological polar surface area (TPSA) is 58.6 Å². The highest BCUT2D eigenvalue weighted by molar-refractivity contribution is 5.88. The van der Waals surface area contributed by atoms with Crippen molar-refractivity contribution >= 4 is 11.8 Å². The fourth-order valence-corrected chi connectivity index (χ4v) is 3.05. The van der Waals surface area contributed by atoms with Crippen LogP contribution in [0.25, 0.3) is 0 Å². The van der Waals surface area contributed by atoms with Crippen LogP contribution in [0.2, 0.25) is 0 Å². The molecular formula is C23H29FN2O3. The third-order valence-corrected chi connectivity index (χ3v) is 4.81. The first-order valence-electron chi connectivity index (χ1n) is 9.84. The van der Waals surface area contributed by atoms with E-state index in [4.69, 9.17) is 4.74 Å². The Morgan fingerprint density at radius 2 is 1.69 bits per heavy atom. The first-order valence-corrected chi connectivity index (χ1v) is 9.84. The van der Waals surface area contributed by atoms with Gasteiger partial charge in [-0.05, 0) is 47.7 Å². The van der Waals surface area contributed by atoms with Crippen LogP contribution < -0.4 is 10.1 Å². The molecule has 2 aromatic carbocycles. The van der Waals surface area contributed by atoms with Crippen molar-refractivity contribution in [1.29, 1.82) is 0 Å². The zero-order valence-corrected chi connectivity index (χ0v) is 17.4. The molecule has 0 aromatic heterocycles. The lowest BCUT2D eigenvalue weighted by Gasteiger charge is -2.30. The maximum atomic E-state index is 13.2. The molecule has 0 fully saturated rings. The molecule has 0 saturated heterocycles. The number of nitrogens with one attached hydrogen (secondary N) is 1. The molecule has 2 aromatic rings. The second kappa shape index (κ2) is 10.6. The maximum Gasteiger partial charge on any atom is 0.261 e. The number of likely N-dealkylation sites (N-methyl/N-ethyl adjacent to an activating group) is 1. The number of halogens is 1. The number of benzene rings is 2. The van der Waals surface area contributed by atoms with E-state index in [1.54, 1.807) is 19.2 Å². The van der Waals surface area contributed by atoms with Gasteiger partial charge in [0.2, 0.25) is 5.91 Å². The van der Waals surface area contributed by atoms with Gasteiger partial charge in [-0.3, -0.25) is 9.59 Å². The van der Waals surface area contributed by atoms with Crippen molar-refractivity contribution in [2.45, 2.75) is 45.7 Å². The van der Waals surface area contributed by atoms with E-state index in [0.29, 0.717) is 18.1 Å². The quantitative estimate of drug-likeness (QED) is 0.695. The van der Waals surface area contributed by atoms with Crippen LogP contribution in [0.5, 0.6) is 5.75 Å². The van der Waals surface area contributed by atoms with Crippen molar-refractivity contribution in [3.05, 3.63) is 65.5 Å². The highest BCUT2D eigenvalue weighted by Gasteiger charge is 2.28. The summed E-state index contributed by atoms with van der Waals surface area (Å²) in [6, 6.07) is 12.9. The minimum absolute atomic E-state index is 0.185. The predicted octanol–water partition coefficient (Wildman–Crippen LogP) is 3.88. The molecule has 1 atom stereocenters. The summed E-state index contributed by atoms with van der Waals surface area (Å²) in [6.07, 6.45) is 0.454. The maximum absolute atomic E-state index is 13.2. The van der Waals surface area contributed by atoms with Crippen LogP contribution >= 0.6 is 0 Å². The van der Waals surface area contributed by atoms with Crippen LogP contribution in [-0.2, 0) is 16.1 Å². The first-order chi connectivity index (χ1) is 13.8. The van der Waals surface area contributed by atoms with Crippen molar-refractivity contribution in [1.82, 2.24) is 10.2 Å². The Morgan fingerprint density at radius 1 is 1.07 bits per heavy atom. The summed E-state index contributed by atoms with van der Waals surface area (Å²) in [4.78, 5) is 26.7. The van der Waals surface area contributed by atoms with Crippen LogP contribution in [0, 0.1) is 5.82 Å². The molecule has 0 spiro atoms. The summed E-state index contributed by atoms with van der Waals surface area (Å²) in [7, 11) is 1.54. The molecule has 156 valence electrons. The zero-order valence-electron chi connectivity index (χ0n) is 17.4. The standard InChI is InChI=1S/C23H29FN2O3/c1-5-21(23(28)25-4)26(14-17-6-10-19(24)11-7-17)22(27)15-29-20-12-8-18(9-13-20)16(2)3/h6-13,16,21H,5,14-15H2,1-4H3,(H,25,28). The van der Waals surface area contributed by atoms with E-state index in [-0.39, 0.29) is 30.8 Å². The summed E-state index contributed by atoms with van der Waals surface area (Å²) in [5.41, 5.74) is 1.93. The highest BCUT2D eigenvalue weighted by Crippen LogP contribution is 2.19. The van der Waals surface area contributed by atoms with Gasteiger partial charge in [0.1, 0.15) is 17.6 Å². The molecule has 0 aliphatic carbocycles. The SMILES string of the molecule is CCC(C(=O)NC)N(Cc1ccc(F)cc1)C(=O)COc1ccc(C(C)C)cc1. The van der Waals surface area contributed by atoms with Crippen molar-refractivity contribution in [3.63, 3.8) is 0 Å². The van der Waals surface area contributed by atoms with E-state index < -0.39 is 6.04 Å². The van der Waals surface area contributed by atoms with Crippen molar-refractivity contribution in [2.75, 3.05) is 13.7 Å². The largest absolute Gasteiger partial charge is 0.484 e. The monoisotopic (exact) mass is 400 g/mol. The van der Waals surface area contributed by atoms with Gasteiger partial charge in [-0.15, -0.1) is 0 Å². The fourth-order valence-electron chi connectivity index (χ4n) is 3.05. The molecule has 0 saturated carbocycles. The van der Waals surface area contributed by atoms with Gasteiger partial charge in [-0.2, -0.15) is 0 Å². The van der Waals surface area contributed by atoms with Gasteiger partial charge >= 0.3 is 0 Å². The van der Waals surface area contributed by atoms with E-state index in [2.05, 4.69) is 19.2 Å². The second-order valence-electron chi connectivity index (χ2n) is 7.20. The van der Waals surface area contributed by atoms with Gasteiger partial charge in [0.05, 0.1) is 0 Å². The van der Waals surface area contributed by atoms with Gasteiger partial charge < -0.3 is 15.0 Å². The lowest BCUT2D eigenvalue weighted by molar-refractivity contribution is -0.142. The predicted molar refractivity (Wildman–Crippen MR) is 111 cm³/mol. The Labute approximate surface area is 171 Å². The third-order valence-electron chi connectivity index (χ3n) is 4.81. The number of nitrogens with zero attached hydrogens (tertiary/aromatic N) is 1. The molecule has 0 radical (unpaired) electrons. The van der Waals surface area contributed by atoms with Gasteiger partial charge in [0, 0.05) is 13.6 Å². The number of hydrogen-bond donors (Lipinski definition) is 1. The normalized spacial score (nSPS) is 11.8. The van der Waals surface area contributed by atoms with Gasteiger partial charge in [-0.1, -0.05) is 45.0 Å². The molecule has 29 heavy (non-hydrogen) atoms.